The molecule has 25 heavy (non-hydrogen) atoms. The molecule has 0 aliphatic heterocycles. The Morgan fingerprint density at radius 2 is 2.00 bits per heavy atom. The van der Waals surface area contributed by atoms with E-state index in [1.54, 1.807) is 7.05 Å². The molecule has 1 N–H and O–H groups in total. The third kappa shape index (κ3) is 4.59. The predicted octanol–water partition coefficient (Wildman–Crippen LogP) is 5.51. The molecule has 1 fully saturated rings. The third-order valence-electron chi connectivity index (χ3n) is 5.57. The molecule has 0 bridgehead atoms. The van der Waals surface area contributed by atoms with E-state index >= 15 is 0 Å². The summed E-state index contributed by atoms with van der Waals surface area (Å²) >= 11 is 0. The smallest absolute Gasteiger partial charge is 0.251 e. The number of hydrogen-bond acceptors (Lipinski definition) is 2. The summed E-state index contributed by atoms with van der Waals surface area (Å²) in [6.45, 7) is 2.08. The zero-order valence-electron chi connectivity index (χ0n) is 15.6. The molecule has 1 saturated carbocycles. The lowest BCUT2D eigenvalue weighted by atomic mass is 9.84. The van der Waals surface area contributed by atoms with Crippen molar-refractivity contribution in [3.05, 3.63) is 41.0 Å². The quantitative estimate of drug-likeness (QED) is 0.707. The van der Waals surface area contributed by atoms with Crippen molar-refractivity contribution in [2.75, 3.05) is 7.05 Å². The minimum atomic E-state index is -0.0506. The van der Waals surface area contributed by atoms with E-state index in [0.717, 1.165) is 30.0 Å². The van der Waals surface area contributed by atoms with E-state index in [4.69, 9.17) is 4.99 Å². The van der Waals surface area contributed by atoms with Crippen LogP contribution in [0.25, 0.3) is 0 Å². The van der Waals surface area contributed by atoms with Crippen molar-refractivity contribution in [2.45, 2.75) is 64.7 Å². The average Bonchev–Trinajstić information content (AvgIpc) is 3.17. The van der Waals surface area contributed by atoms with Crippen molar-refractivity contribution in [2.24, 2.45) is 10.9 Å². The molecule has 0 spiro atoms. The minimum Gasteiger partial charge on any atom is -0.355 e. The van der Waals surface area contributed by atoms with Crippen molar-refractivity contribution in [1.29, 1.82) is 0 Å². The number of allylic oxidation sites excluding steroid dienone is 2. The number of aliphatic imine (C=N–C) groups is 1. The van der Waals surface area contributed by atoms with E-state index in [2.05, 4.69) is 18.3 Å². The second kappa shape index (κ2) is 8.46. The van der Waals surface area contributed by atoms with Gasteiger partial charge in [-0.3, -0.25) is 9.79 Å². The summed E-state index contributed by atoms with van der Waals surface area (Å²) in [5, 5.41) is 2.70. The molecule has 0 unspecified atom stereocenters. The molecule has 1 amide bonds. The van der Waals surface area contributed by atoms with E-state index in [9.17, 15) is 4.79 Å². The van der Waals surface area contributed by atoms with Crippen LogP contribution >= 0.6 is 0 Å². The van der Waals surface area contributed by atoms with Crippen LogP contribution in [0.3, 0.4) is 0 Å². The van der Waals surface area contributed by atoms with E-state index in [-0.39, 0.29) is 5.91 Å². The van der Waals surface area contributed by atoms with Gasteiger partial charge in [0.05, 0.1) is 5.69 Å². The van der Waals surface area contributed by atoms with Gasteiger partial charge in [-0.15, -0.1) is 0 Å². The first kappa shape index (κ1) is 17.9. The Bertz CT molecular complexity index is 681. The van der Waals surface area contributed by atoms with Crippen LogP contribution in [0, 0.1) is 12.8 Å². The Morgan fingerprint density at radius 3 is 2.68 bits per heavy atom. The zero-order valence-corrected chi connectivity index (χ0v) is 15.6. The molecular formula is C22H30N2O. The molecule has 0 heterocycles. The lowest BCUT2D eigenvalue weighted by Crippen LogP contribution is -2.17. The number of benzene rings is 1. The fourth-order valence-corrected chi connectivity index (χ4v) is 4.01. The Hall–Kier alpha value is -1.90. The number of rotatable bonds is 5. The fraction of sp³-hybridized carbons (Fsp3) is 0.545. The van der Waals surface area contributed by atoms with E-state index in [0.29, 0.717) is 5.56 Å². The van der Waals surface area contributed by atoms with Gasteiger partial charge in [0, 0.05) is 18.3 Å². The molecule has 0 aromatic heterocycles. The topological polar surface area (TPSA) is 41.5 Å². The van der Waals surface area contributed by atoms with Gasteiger partial charge < -0.3 is 5.32 Å². The maximum absolute atomic E-state index is 12.0. The van der Waals surface area contributed by atoms with Gasteiger partial charge in [0.15, 0.2) is 0 Å². The second-order valence-electron chi connectivity index (χ2n) is 7.47. The SMILES string of the molecule is CNC(=O)c1ccc(C)c(N=C(CC2CCCCC2)C2=CCCC2)c1. The normalized spacial score (nSPS) is 19.0. The minimum absolute atomic E-state index is 0.0506. The summed E-state index contributed by atoms with van der Waals surface area (Å²) in [4.78, 5) is 17.0. The summed E-state index contributed by atoms with van der Waals surface area (Å²) in [5.74, 6) is 0.724. The highest BCUT2D eigenvalue weighted by atomic mass is 16.1. The van der Waals surface area contributed by atoms with Crippen molar-refractivity contribution in [3.63, 3.8) is 0 Å². The standard InChI is InChI=1S/C22H30N2O/c1-16-12-13-19(22(25)23-2)15-20(16)24-21(18-10-6-7-11-18)14-17-8-4-3-5-9-17/h10,12-13,15,17H,3-9,11,14H2,1-2H3,(H,23,25). The van der Waals surface area contributed by atoms with Crippen LogP contribution in [0.15, 0.2) is 34.8 Å². The molecule has 3 rings (SSSR count). The van der Waals surface area contributed by atoms with Gasteiger partial charge in [-0.25, -0.2) is 0 Å². The van der Waals surface area contributed by atoms with Crippen LogP contribution in [-0.2, 0) is 0 Å². The van der Waals surface area contributed by atoms with Gasteiger partial charge in [-0.05, 0) is 61.8 Å². The lowest BCUT2D eigenvalue weighted by molar-refractivity contribution is 0.0963. The van der Waals surface area contributed by atoms with Crippen molar-refractivity contribution in [1.82, 2.24) is 5.32 Å². The largest absolute Gasteiger partial charge is 0.355 e. The first-order valence-corrected chi connectivity index (χ1v) is 9.77. The van der Waals surface area contributed by atoms with Gasteiger partial charge in [-0.1, -0.05) is 44.2 Å². The number of amides is 1. The molecule has 0 atom stereocenters. The summed E-state index contributed by atoms with van der Waals surface area (Å²) in [5.41, 5.74) is 5.47. The van der Waals surface area contributed by atoms with Crippen molar-refractivity contribution < 1.29 is 4.79 Å². The molecule has 2 aliphatic carbocycles. The van der Waals surface area contributed by atoms with Crippen LogP contribution in [0.2, 0.25) is 0 Å². The predicted molar refractivity (Wildman–Crippen MR) is 105 cm³/mol. The Morgan fingerprint density at radius 1 is 1.20 bits per heavy atom. The number of nitrogens with one attached hydrogen (secondary N) is 1. The summed E-state index contributed by atoms with van der Waals surface area (Å²) < 4.78 is 0. The third-order valence-corrected chi connectivity index (χ3v) is 5.57. The van der Waals surface area contributed by atoms with Gasteiger partial charge in [0.2, 0.25) is 0 Å². The maximum Gasteiger partial charge on any atom is 0.251 e. The number of hydrogen-bond donors (Lipinski definition) is 1. The summed E-state index contributed by atoms with van der Waals surface area (Å²) in [6, 6.07) is 5.82. The monoisotopic (exact) mass is 338 g/mol. The van der Waals surface area contributed by atoms with E-state index < -0.39 is 0 Å². The highest BCUT2D eigenvalue weighted by Crippen LogP contribution is 2.32. The first-order valence-electron chi connectivity index (χ1n) is 9.77. The van der Waals surface area contributed by atoms with Gasteiger partial charge in [-0.2, -0.15) is 0 Å². The molecule has 1 aromatic carbocycles. The number of nitrogens with zero attached hydrogens (tertiary/aromatic N) is 1. The molecule has 134 valence electrons. The van der Waals surface area contributed by atoms with Gasteiger partial charge >= 0.3 is 0 Å². The van der Waals surface area contributed by atoms with Crippen LogP contribution in [0.5, 0.6) is 0 Å². The molecule has 3 heteroatoms. The van der Waals surface area contributed by atoms with Crippen molar-refractivity contribution >= 4 is 17.3 Å². The Labute approximate surface area is 151 Å². The summed E-state index contributed by atoms with van der Waals surface area (Å²) in [6.07, 6.45) is 13.8. The number of carbonyl (C=O) groups excluding carboxylic acids is 1. The van der Waals surface area contributed by atoms with Crippen molar-refractivity contribution in [3.8, 4) is 0 Å². The van der Waals surface area contributed by atoms with Gasteiger partial charge in [0.1, 0.15) is 0 Å². The van der Waals surface area contributed by atoms with Crippen LogP contribution in [0.1, 0.15) is 73.7 Å². The first-order chi connectivity index (χ1) is 12.2. The zero-order chi connectivity index (χ0) is 17.6. The molecule has 2 aliphatic rings. The highest BCUT2D eigenvalue weighted by molar-refractivity contribution is 6.02. The van der Waals surface area contributed by atoms with Crippen LogP contribution in [0.4, 0.5) is 5.69 Å². The lowest BCUT2D eigenvalue weighted by Gasteiger charge is -2.23. The summed E-state index contributed by atoms with van der Waals surface area (Å²) in [7, 11) is 1.67. The average molecular weight is 338 g/mol. The Balaban J connectivity index is 1.90. The molecular weight excluding hydrogens is 308 g/mol. The van der Waals surface area contributed by atoms with Crippen LogP contribution in [-0.4, -0.2) is 18.7 Å². The fourth-order valence-electron chi connectivity index (χ4n) is 4.01. The van der Waals surface area contributed by atoms with Crippen LogP contribution < -0.4 is 5.32 Å². The second-order valence-corrected chi connectivity index (χ2v) is 7.47. The number of carbonyl (C=O) groups is 1. The van der Waals surface area contributed by atoms with E-state index in [1.807, 2.05) is 18.2 Å². The molecule has 3 nitrogen and oxygen atoms in total. The Kier molecular flexibility index (Phi) is 6.06. The van der Waals surface area contributed by atoms with Gasteiger partial charge in [0.25, 0.3) is 5.91 Å². The number of aryl methyl sites for hydroxylation is 1. The molecule has 1 aromatic rings. The highest BCUT2D eigenvalue weighted by Gasteiger charge is 2.20. The maximum atomic E-state index is 12.0. The molecule has 0 radical (unpaired) electrons. The molecule has 0 saturated heterocycles. The van der Waals surface area contributed by atoms with E-state index in [1.165, 1.54) is 56.2 Å².